The molecule has 0 spiro atoms. The molecule has 0 bridgehead atoms. The van der Waals surface area contributed by atoms with Crippen molar-refractivity contribution in [3.63, 3.8) is 0 Å². The van der Waals surface area contributed by atoms with Gasteiger partial charge >= 0.3 is 0 Å². The molecule has 0 radical (unpaired) electrons. The van der Waals surface area contributed by atoms with Crippen LogP contribution in [0.3, 0.4) is 0 Å². The number of aromatic nitrogens is 2. The van der Waals surface area contributed by atoms with Crippen LogP contribution in [0.1, 0.15) is 29.5 Å². The molecule has 1 fully saturated rings. The predicted octanol–water partition coefficient (Wildman–Crippen LogP) is 0.456. The number of carbonyl (C=O) groups is 1. The molecule has 0 saturated carbocycles. The van der Waals surface area contributed by atoms with Crippen LogP contribution in [-0.4, -0.2) is 34.8 Å². The van der Waals surface area contributed by atoms with Gasteiger partial charge in [-0.3, -0.25) is 9.48 Å². The van der Waals surface area contributed by atoms with Crippen molar-refractivity contribution >= 4 is 5.91 Å². The van der Waals surface area contributed by atoms with Gasteiger partial charge in [-0.05, 0) is 31.9 Å². The molecule has 0 aliphatic carbocycles. The molecule has 2 unspecified atom stereocenters. The number of piperidine rings is 1. The van der Waals surface area contributed by atoms with E-state index in [2.05, 4.69) is 22.7 Å². The van der Waals surface area contributed by atoms with Crippen LogP contribution in [0.15, 0.2) is 6.07 Å². The average Bonchev–Trinajstić information content (AvgIpc) is 2.63. The first-order valence-corrected chi connectivity index (χ1v) is 6.10. The fourth-order valence-electron chi connectivity index (χ4n) is 2.10. The molecule has 17 heavy (non-hydrogen) atoms. The van der Waals surface area contributed by atoms with Gasteiger partial charge in [0.25, 0.3) is 5.91 Å². The van der Waals surface area contributed by atoms with Crippen molar-refractivity contribution in [3.8, 4) is 0 Å². The Kier molecular flexibility index (Phi) is 3.47. The maximum atomic E-state index is 12.0. The number of nitrogens with zero attached hydrogens (tertiary/aromatic N) is 2. The molecule has 0 aromatic carbocycles. The molecule has 2 heterocycles. The molecule has 2 atom stereocenters. The van der Waals surface area contributed by atoms with E-state index in [0.717, 1.165) is 25.2 Å². The van der Waals surface area contributed by atoms with Gasteiger partial charge in [-0.15, -0.1) is 0 Å². The Morgan fingerprint density at radius 3 is 3.00 bits per heavy atom. The minimum Gasteiger partial charge on any atom is -0.346 e. The Morgan fingerprint density at radius 1 is 1.65 bits per heavy atom. The fraction of sp³-hybridized carbons (Fsp3) is 0.667. The smallest absolute Gasteiger partial charge is 0.272 e. The van der Waals surface area contributed by atoms with Gasteiger partial charge in [-0.2, -0.15) is 5.10 Å². The quantitative estimate of drug-likeness (QED) is 0.784. The van der Waals surface area contributed by atoms with Crippen LogP contribution < -0.4 is 10.6 Å². The van der Waals surface area contributed by atoms with E-state index in [1.165, 1.54) is 0 Å². The second-order valence-corrected chi connectivity index (χ2v) is 4.84. The monoisotopic (exact) mass is 236 g/mol. The maximum absolute atomic E-state index is 12.0. The largest absolute Gasteiger partial charge is 0.346 e. The van der Waals surface area contributed by atoms with Gasteiger partial charge < -0.3 is 10.6 Å². The summed E-state index contributed by atoms with van der Waals surface area (Å²) in [6.45, 7) is 6.00. The van der Waals surface area contributed by atoms with Crippen LogP contribution in [0.4, 0.5) is 0 Å². The van der Waals surface area contributed by atoms with Crippen LogP contribution in [-0.2, 0) is 7.05 Å². The topological polar surface area (TPSA) is 59.0 Å². The zero-order valence-electron chi connectivity index (χ0n) is 10.7. The molecule has 2 N–H and O–H groups in total. The normalized spacial score (nSPS) is 24.6. The number of hydrogen-bond acceptors (Lipinski definition) is 3. The van der Waals surface area contributed by atoms with Crippen molar-refractivity contribution in [2.45, 2.75) is 26.3 Å². The number of carbonyl (C=O) groups excluding carboxylic acids is 1. The number of aryl methyl sites for hydroxylation is 2. The Morgan fingerprint density at radius 2 is 2.41 bits per heavy atom. The van der Waals surface area contributed by atoms with Crippen molar-refractivity contribution in [3.05, 3.63) is 17.5 Å². The second kappa shape index (κ2) is 4.87. The highest BCUT2D eigenvalue weighted by Crippen LogP contribution is 2.12. The molecule has 1 amide bonds. The number of amides is 1. The SMILES string of the molecule is Cc1cc(C(=O)NC2CNCCC2C)nn1C. The molecule has 1 aromatic rings. The molecule has 1 aromatic heterocycles. The van der Waals surface area contributed by atoms with E-state index >= 15 is 0 Å². The highest BCUT2D eigenvalue weighted by atomic mass is 16.2. The van der Waals surface area contributed by atoms with Crippen LogP contribution >= 0.6 is 0 Å². The lowest BCUT2D eigenvalue weighted by molar-refractivity contribution is 0.0909. The fourth-order valence-corrected chi connectivity index (χ4v) is 2.10. The zero-order chi connectivity index (χ0) is 12.4. The summed E-state index contributed by atoms with van der Waals surface area (Å²) in [5.41, 5.74) is 1.49. The Labute approximate surface area is 102 Å². The van der Waals surface area contributed by atoms with Crippen LogP contribution in [0.25, 0.3) is 0 Å². The second-order valence-electron chi connectivity index (χ2n) is 4.84. The van der Waals surface area contributed by atoms with Gasteiger partial charge in [0.05, 0.1) is 0 Å². The summed E-state index contributed by atoms with van der Waals surface area (Å²) < 4.78 is 1.72. The van der Waals surface area contributed by atoms with Crippen LogP contribution in [0, 0.1) is 12.8 Å². The molecular weight excluding hydrogens is 216 g/mol. The first kappa shape index (κ1) is 12.1. The van der Waals surface area contributed by atoms with Crippen LogP contribution in [0.5, 0.6) is 0 Å². The van der Waals surface area contributed by atoms with Gasteiger partial charge in [0.15, 0.2) is 0 Å². The Hall–Kier alpha value is -1.36. The molecule has 94 valence electrons. The summed E-state index contributed by atoms with van der Waals surface area (Å²) in [4.78, 5) is 12.0. The minimum absolute atomic E-state index is 0.0748. The van der Waals surface area contributed by atoms with Gasteiger partial charge in [0.2, 0.25) is 0 Å². The molecule has 2 rings (SSSR count). The predicted molar refractivity (Wildman–Crippen MR) is 65.8 cm³/mol. The van der Waals surface area contributed by atoms with Crippen molar-refractivity contribution in [1.82, 2.24) is 20.4 Å². The molecular formula is C12H20N4O. The summed E-state index contributed by atoms with van der Waals surface area (Å²) in [7, 11) is 1.84. The highest BCUT2D eigenvalue weighted by molar-refractivity contribution is 5.92. The summed E-state index contributed by atoms with van der Waals surface area (Å²) in [6.07, 6.45) is 1.10. The first-order chi connectivity index (χ1) is 8.08. The number of nitrogens with one attached hydrogen (secondary N) is 2. The van der Waals surface area contributed by atoms with Gasteiger partial charge in [-0.25, -0.2) is 0 Å². The van der Waals surface area contributed by atoms with Crippen molar-refractivity contribution in [2.75, 3.05) is 13.1 Å². The standard InChI is InChI=1S/C12H20N4O/c1-8-4-5-13-7-11(8)14-12(17)10-6-9(2)16(3)15-10/h6,8,11,13H,4-5,7H2,1-3H3,(H,14,17). The molecule has 1 saturated heterocycles. The minimum atomic E-state index is -0.0748. The van der Waals surface area contributed by atoms with Crippen molar-refractivity contribution in [1.29, 1.82) is 0 Å². The van der Waals surface area contributed by atoms with Crippen LogP contribution in [0.2, 0.25) is 0 Å². The van der Waals surface area contributed by atoms with Crippen molar-refractivity contribution < 1.29 is 4.79 Å². The maximum Gasteiger partial charge on any atom is 0.272 e. The molecule has 1 aliphatic rings. The lowest BCUT2D eigenvalue weighted by Gasteiger charge is -2.29. The van der Waals surface area contributed by atoms with E-state index in [4.69, 9.17) is 0 Å². The first-order valence-electron chi connectivity index (χ1n) is 6.10. The van der Waals surface area contributed by atoms with E-state index in [1.54, 1.807) is 4.68 Å². The van der Waals surface area contributed by atoms with E-state index in [1.807, 2.05) is 20.0 Å². The van der Waals surface area contributed by atoms with E-state index < -0.39 is 0 Å². The molecule has 1 aliphatic heterocycles. The lowest BCUT2D eigenvalue weighted by Crippen LogP contribution is -2.50. The third-order valence-corrected chi connectivity index (χ3v) is 3.49. The van der Waals surface area contributed by atoms with Gasteiger partial charge in [-0.1, -0.05) is 6.92 Å². The third kappa shape index (κ3) is 2.66. The highest BCUT2D eigenvalue weighted by Gasteiger charge is 2.23. The Bertz CT molecular complexity index is 393. The number of hydrogen-bond donors (Lipinski definition) is 2. The molecule has 5 nitrogen and oxygen atoms in total. The zero-order valence-corrected chi connectivity index (χ0v) is 10.7. The third-order valence-electron chi connectivity index (χ3n) is 3.49. The summed E-state index contributed by atoms with van der Waals surface area (Å²) in [5, 5.41) is 10.5. The van der Waals surface area contributed by atoms with Crippen molar-refractivity contribution in [2.24, 2.45) is 13.0 Å². The van der Waals surface area contributed by atoms with Gasteiger partial charge in [0, 0.05) is 25.3 Å². The van der Waals surface area contributed by atoms with Gasteiger partial charge in [0.1, 0.15) is 5.69 Å². The lowest BCUT2D eigenvalue weighted by atomic mass is 9.95. The Balaban J connectivity index is 2.01. The summed E-state index contributed by atoms with van der Waals surface area (Å²) in [5.74, 6) is 0.444. The average molecular weight is 236 g/mol. The molecule has 5 heteroatoms. The summed E-state index contributed by atoms with van der Waals surface area (Å²) in [6, 6.07) is 2.02. The van der Waals surface area contributed by atoms with E-state index in [9.17, 15) is 4.79 Å². The van der Waals surface area contributed by atoms with E-state index in [0.29, 0.717) is 11.6 Å². The van der Waals surface area contributed by atoms with E-state index in [-0.39, 0.29) is 11.9 Å². The number of rotatable bonds is 2. The summed E-state index contributed by atoms with van der Waals surface area (Å²) >= 11 is 0.